The number of aliphatic hydroxyl groups excluding tert-OH is 1. The first-order chi connectivity index (χ1) is 10.6. The second-order valence-corrected chi connectivity index (χ2v) is 4.94. The summed E-state index contributed by atoms with van der Waals surface area (Å²) in [5.74, 6) is -2.43. The fourth-order valence-corrected chi connectivity index (χ4v) is 2.04. The maximum absolute atomic E-state index is 13.1. The van der Waals surface area contributed by atoms with Gasteiger partial charge in [-0.1, -0.05) is 6.07 Å². The number of hydrogen-bond donors (Lipinski definition) is 2. The Bertz CT molecular complexity index is 615. The van der Waals surface area contributed by atoms with Gasteiger partial charge in [0.15, 0.2) is 0 Å². The molecule has 0 bridgehead atoms. The van der Waals surface area contributed by atoms with Crippen molar-refractivity contribution < 1.29 is 18.7 Å². The number of rotatable bonds is 6. The summed E-state index contributed by atoms with van der Waals surface area (Å²) in [5.41, 5.74) is 0.708. The molecule has 0 saturated carbocycles. The van der Waals surface area contributed by atoms with E-state index < -0.39 is 17.5 Å². The lowest BCUT2D eigenvalue weighted by Gasteiger charge is -2.14. The molecule has 2 rings (SSSR count). The third-order valence-corrected chi connectivity index (χ3v) is 3.16. The van der Waals surface area contributed by atoms with Gasteiger partial charge in [-0.15, -0.1) is 0 Å². The van der Waals surface area contributed by atoms with Gasteiger partial charge in [-0.3, -0.25) is 9.78 Å². The molecule has 0 spiro atoms. The molecule has 1 aromatic carbocycles. The summed E-state index contributed by atoms with van der Waals surface area (Å²) in [4.78, 5) is 16.0. The van der Waals surface area contributed by atoms with Crippen LogP contribution in [0.4, 0.5) is 8.78 Å². The first-order valence-corrected chi connectivity index (χ1v) is 6.83. The molecule has 1 heterocycles. The molecule has 1 atom stereocenters. The summed E-state index contributed by atoms with van der Waals surface area (Å²) >= 11 is 0. The monoisotopic (exact) mass is 306 g/mol. The van der Waals surface area contributed by atoms with E-state index in [4.69, 9.17) is 0 Å². The highest BCUT2D eigenvalue weighted by Gasteiger charge is 2.13. The number of nitrogens with zero attached hydrogens (tertiary/aromatic N) is 1. The molecule has 1 aromatic heterocycles. The number of nitrogens with one attached hydrogen (secondary N) is 1. The van der Waals surface area contributed by atoms with Crippen LogP contribution in [-0.4, -0.2) is 29.1 Å². The maximum Gasteiger partial charge on any atom is 0.251 e. The van der Waals surface area contributed by atoms with Crippen LogP contribution in [0.3, 0.4) is 0 Å². The van der Waals surface area contributed by atoms with Gasteiger partial charge in [0, 0.05) is 42.6 Å². The number of hydrogen-bond acceptors (Lipinski definition) is 3. The van der Waals surface area contributed by atoms with E-state index in [0.29, 0.717) is 12.5 Å². The average Bonchev–Trinajstić information content (AvgIpc) is 2.51. The van der Waals surface area contributed by atoms with Crippen molar-refractivity contribution in [3.05, 3.63) is 65.5 Å². The number of halogens is 2. The molecule has 0 saturated heterocycles. The Kier molecular flexibility index (Phi) is 5.55. The summed E-state index contributed by atoms with van der Waals surface area (Å²) in [6.45, 7) is 0.0540. The Morgan fingerprint density at radius 1 is 1.23 bits per heavy atom. The summed E-state index contributed by atoms with van der Waals surface area (Å²) in [5, 5.41) is 11.9. The standard InChI is InChI=1S/C16H16F2N2O2/c17-13-6-12(7-14(18)8-13)16(22)20-9-11(10-21)5-15-3-1-2-4-19-15/h1-4,6-8,11,21H,5,9-10H2,(H,20,22). The number of carbonyl (C=O) groups is 1. The van der Waals surface area contributed by atoms with Crippen molar-refractivity contribution in [2.24, 2.45) is 5.92 Å². The number of aliphatic hydroxyl groups is 1. The van der Waals surface area contributed by atoms with Gasteiger partial charge < -0.3 is 10.4 Å². The van der Waals surface area contributed by atoms with Gasteiger partial charge in [-0.2, -0.15) is 0 Å². The van der Waals surface area contributed by atoms with Crippen molar-refractivity contribution in [3.63, 3.8) is 0 Å². The zero-order valence-corrected chi connectivity index (χ0v) is 11.8. The molecule has 0 fully saturated rings. The highest BCUT2D eigenvalue weighted by atomic mass is 19.1. The highest BCUT2D eigenvalue weighted by molar-refractivity contribution is 5.94. The molecule has 22 heavy (non-hydrogen) atoms. The SMILES string of the molecule is O=C(NCC(CO)Cc1ccccn1)c1cc(F)cc(F)c1. The topological polar surface area (TPSA) is 62.2 Å². The van der Waals surface area contributed by atoms with Gasteiger partial charge in [0.2, 0.25) is 0 Å². The molecular formula is C16H16F2N2O2. The smallest absolute Gasteiger partial charge is 0.251 e. The van der Waals surface area contributed by atoms with E-state index in [1.54, 1.807) is 12.3 Å². The molecule has 1 unspecified atom stereocenters. The van der Waals surface area contributed by atoms with E-state index in [9.17, 15) is 18.7 Å². The van der Waals surface area contributed by atoms with Crippen LogP contribution >= 0.6 is 0 Å². The minimum Gasteiger partial charge on any atom is -0.396 e. The fourth-order valence-electron chi connectivity index (χ4n) is 2.04. The molecule has 0 aliphatic rings. The van der Waals surface area contributed by atoms with Crippen molar-refractivity contribution in [1.82, 2.24) is 10.3 Å². The molecule has 2 aromatic rings. The van der Waals surface area contributed by atoms with Gasteiger partial charge in [-0.05, 0) is 30.7 Å². The van der Waals surface area contributed by atoms with Crippen molar-refractivity contribution >= 4 is 5.91 Å². The number of carbonyl (C=O) groups excluding carboxylic acids is 1. The van der Waals surface area contributed by atoms with Gasteiger partial charge in [0.25, 0.3) is 5.91 Å². The second kappa shape index (κ2) is 7.61. The molecule has 2 N–H and O–H groups in total. The summed E-state index contributed by atoms with van der Waals surface area (Å²) in [7, 11) is 0. The van der Waals surface area contributed by atoms with E-state index in [1.807, 2.05) is 12.1 Å². The molecule has 0 radical (unpaired) electrons. The predicted molar refractivity (Wildman–Crippen MR) is 77.2 cm³/mol. The molecule has 1 amide bonds. The lowest BCUT2D eigenvalue weighted by Crippen LogP contribution is -2.32. The predicted octanol–water partition coefficient (Wildman–Crippen LogP) is 1.94. The Hall–Kier alpha value is -2.34. The third kappa shape index (κ3) is 4.60. The lowest BCUT2D eigenvalue weighted by atomic mass is 10.0. The van der Waals surface area contributed by atoms with E-state index in [-0.39, 0.29) is 24.6 Å². The van der Waals surface area contributed by atoms with Crippen molar-refractivity contribution in [1.29, 1.82) is 0 Å². The molecule has 0 aliphatic carbocycles. The van der Waals surface area contributed by atoms with Gasteiger partial charge in [-0.25, -0.2) is 8.78 Å². The quantitative estimate of drug-likeness (QED) is 0.857. The van der Waals surface area contributed by atoms with Crippen molar-refractivity contribution in [3.8, 4) is 0 Å². The Morgan fingerprint density at radius 3 is 2.55 bits per heavy atom. The van der Waals surface area contributed by atoms with Crippen LogP contribution in [0.25, 0.3) is 0 Å². The highest BCUT2D eigenvalue weighted by Crippen LogP contribution is 2.09. The van der Waals surface area contributed by atoms with Crippen LogP contribution in [-0.2, 0) is 6.42 Å². The first kappa shape index (κ1) is 16.0. The van der Waals surface area contributed by atoms with Crippen molar-refractivity contribution in [2.45, 2.75) is 6.42 Å². The van der Waals surface area contributed by atoms with Crippen LogP contribution in [0.2, 0.25) is 0 Å². The molecule has 116 valence electrons. The Morgan fingerprint density at radius 2 is 1.95 bits per heavy atom. The number of aromatic nitrogens is 1. The largest absolute Gasteiger partial charge is 0.396 e. The fraction of sp³-hybridized carbons (Fsp3) is 0.250. The van der Waals surface area contributed by atoms with Crippen LogP contribution < -0.4 is 5.32 Å². The van der Waals surface area contributed by atoms with Crippen LogP contribution in [0.1, 0.15) is 16.1 Å². The van der Waals surface area contributed by atoms with E-state index in [2.05, 4.69) is 10.3 Å². The average molecular weight is 306 g/mol. The Balaban J connectivity index is 1.93. The molecular weight excluding hydrogens is 290 g/mol. The molecule has 0 aliphatic heterocycles. The van der Waals surface area contributed by atoms with E-state index >= 15 is 0 Å². The van der Waals surface area contributed by atoms with Crippen LogP contribution in [0.15, 0.2) is 42.6 Å². The number of benzene rings is 1. The summed E-state index contributed by atoms with van der Waals surface area (Å²) in [6.07, 6.45) is 2.15. The van der Waals surface area contributed by atoms with E-state index in [1.165, 1.54) is 0 Å². The summed E-state index contributed by atoms with van der Waals surface area (Å²) < 4.78 is 26.1. The molecule has 6 heteroatoms. The lowest BCUT2D eigenvalue weighted by molar-refractivity contribution is 0.0939. The minimum atomic E-state index is -0.808. The Labute approximate surface area is 126 Å². The van der Waals surface area contributed by atoms with Gasteiger partial charge in [0.05, 0.1) is 0 Å². The van der Waals surface area contributed by atoms with E-state index in [0.717, 1.165) is 17.8 Å². The first-order valence-electron chi connectivity index (χ1n) is 6.83. The maximum atomic E-state index is 13.1. The van der Waals surface area contributed by atoms with Crippen molar-refractivity contribution in [2.75, 3.05) is 13.2 Å². The van der Waals surface area contributed by atoms with Crippen LogP contribution in [0.5, 0.6) is 0 Å². The van der Waals surface area contributed by atoms with Crippen LogP contribution in [0, 0.1) is 17.6 Å². The zero-order chi connectivity index (χ0) is 15.9. The van der Waals surface area contributed by atoms with Gasteiger partial charge >= 0.3 is 0 Å². The molecule has 4 nitrogen and oxygen atoms in total. The zero-order valence-electron chi connectivity index (χ0n) is 11.8. The normalized spacial score (nSPS) is 12.0. The van der Waals surface area contributed by atoms with Gasteiger partial charge in [0.1, 0.15) is 11.6 Å². The number of pyridine rings is 1. The second-order valence-electron chi connectivity index (χ2n) is 4.94. The third-order valence-electron chi connectivity index (χ3n) is 3.16. The minimum absolute atomic E-state index is 0.0907. The summed E-state index contributed by atoms with van der Waals surface area (Å²) in [6, 6.07) is 8.08. The number of amides is 1.